The molecule has 1 saturated carbocycles. The van der Waals surface area contributed by atoms with Gasteiger partial charge in [0.25, 0.3) is 0 Å². The molecule has 0 unspecified atom stereocenters. The lowest BCUT2D eigenvalue weighted by molar-refractivity contribution is 0.245. The molecule has 1 aromatic heterocycles. The third kappa shape index (κ3) is 2.83. The molecule has 1 heterocycles. The van der Waals surface area contributed by atoms with Crippen LogP contribution in [-0.4, -0.2) is 16.0 Å². The highest BCUT2D eigenvalue weighted by Gasteiger charge is 2.38. The molecule has 0 atom stereocenters. The van der Waals surface area contributed by atoms with Crippen LogP contribution in [0.5, 0.6) is 5.75 Å². The quantitative estimate of drug-likeness (QED) is 0.848. The normalized spacial score (nSPS) is 16.3. The molecule has 0 bridgehead atoms. The number of nitrogens with two attached hydrogens (primary N) is 1. The summed E-state index contributed by atoms with van der Waals surface area (Å²) in [7, 11) is 0. The summed E-state index contributed by atoms with van der Waals surface area (Å²) in [6.07, 6.45) is 2.71. The van der Waals surface area contributed by atoms with Crippen molar-refractivity contribution in [2.24, 2.45) is 5.92 Å². The highest BCUT2D eigenvalue weighted by Crippen LogP contribution is 2.44. The molecular weight excluding hydrogens is 234 g/mol. The van der Waals surface area contributed by atoms with Crippen LogP contribution in [0.15, 0.2) is 0 Å². The summed E-state index contributed by atoms with van der Waals surface area (Å²) in [6, 6.07) is 0. The van der Waals surface area contributed by atoms with Crippen molar-refractivity contribution in [3.8, 4) is 5.75 Å². The van der Waals surface area contributed by atoms with Gasteiger partial charge in [-0.2, -0.15) is 4.37 Å². The Morgan fingerprint density at radius 1 is 1.47 bits per heavy atom. The van der Waals surface area contributed by atoms with Crippen molar-refractivity contribution < 1.29 is 4.74 Å². The number of hydrogen-bond donors (Lipinski definition) is 2. The largest absolute Gasteiger partial charge is 0.484 e. The minimum atomic E-state index is 0.0913. The van der Waals surface area contributed by atoms with Gasteiger partial charge in [-0.1, -0.05) is 0 Å². The second-order valence-corrected chi connectivity index (χ2v) is 6.29. The highest BCUT2D eigenvalue weighted by molar-refractivity contribution is 7.11. The Hall–Kier alpha value is -0.970. The number of nitrogens with zero attached hydrogens (tertiary/aromatic N) is 1. The topological polar surface area (TPSA) is 60.2 Å². The van der Waals surface area contributed by atoms with Gasteiger partial charge in [0, 0.05) is 5.54 Å². The number of aromatic nitrogens is 1. The third-order valence-corrected chi connectivity index (χ3v) is 3.82. The van der Waals surface area contributed by atoms with E-state index in [4.69, 9.17) is 10.5 Å². The van der Waals surface area contributed by atoms with Crippen LogP contribution >= 0.6 is 11.5 Å². The molecule has 0 radical (unpaired) electrons. The Morgan fingerprint density at radius 3 is 2.65 bits per heavy atom. The molecule has 5 heteroatoms. The van der Waals surface area contributed by atoms with Crippen molar-refractivity contribution in [3.05, 3.63) is 0 Å². The fourth-order valence-corrected chi connectivity index (χ4v) is 2.74. The van der Waals surface area contributed by atoms with Gasteiger partial charge in [0.05, 0.1) is 6.10 Å². The number of nitrogens with one attached hydrogen (secondary N) is 1. The maximum atomic E-state index is 5.83. The van der Waals surface area contributed by atoms with E-state index in [1.54, 1.807) is 0 Å². The van der Waals surface area contributed by atoms with E-state index in [2.05, 4.69) is 23.5 Å². The van der Waals surface area contributed by atoms with Gasteiger partial charge in [0.2, 0.25) is 0 Å². The van der Waals surface area contributed by atoms with Crippen LogP contribution in [0.3, 0.4) is 0 Å². The fourth-order valence-electron chi connectivity index (χ4n) is 1.92. The van der Waals surface area contributed by atoms with E-state index < -0.39 is 0 Å². The van der Waals surface area contributed by atoms with Crippen molar-refractivity contribution >= 4 is 22.4 Å². The van der Waals surface area contributed by atoms with Gasteiger partial charge in [-0.3, -0.25) is 0 Å². The third-order valence-electron chi connectivity index (χ3n) is 3.06. The molecule has 1 fully saturated rings. The second kappa shape index (κ2) is 4.37. The van der Waals surface area contributed by atoms with Crippen molar-refractivity contribution in [2.45, 2.75) is 52.2 Å². The van der Waals surface area contributed by atoms with E-state index in [1.165, 1.54) is 24.4 Å². The van der Waals surface area contributed by atoms with E-state index in [0.717, 1.165) is 10.9 Å². The predicted octanol–water partition coefficient (Wildman–Crippen LogP) is 3.11. The van der Waals surface area contributed by atoms with Crippen molar-refractivity contribution in [2.75, 3.05) is 11.1 Å². The van der Waals surface area contributed by atoms with Crippen LogP contribution in [0.2, 0.25) is 0 Å². The van der Waals surface area contributed by atoms with Crippen molar-refractivity contribution in [1.29, 1.82) is 0 Å². The van der Waals surface area contributed by atoms with Crippen molar-refractivity contribution in [1.82, 2.24) is 4.37 Å². The molecule has 1 aromatic rings. The first-order chi connectivity index (χ1) is 7.90. The second-order valence-electron chi connectivity index (χ2n) is 5.51. The average Bonchev–Trinajstić information content (AvgIpc) is 3.00. The molecule has 1 aliphatic rings. The zero-order chi connectivity index (χ0) is 12.6. The molecule has 17 heavy (non-hydrogen) atoms. The van der Waals surface area contributed by atoms with Gasteiger partial charge in [0.1, 0.15) is 0 Å². The van der Waals surface area contributed by atoms with Crippen LogP contribution in [0.1, 0.15) is 40.5 Å². The maximum Gasteiger partial charge on any atom is 0.197 e. The Bertz CT molecular complexity index is 396. The molecular formula is C12H21N3OS. The van der Waals surface area contributed by atoms with Gasteiger partial charge in [-0.25, -0.2) is 0 Å². The molecule has 0 saturated heterocycles. The lowest BCUT2D eigenvalue weighted by Crippen LogP contribution is -2.33. The lowest BCUT2D eigenvalue weighted by Gasteiger charge is -2.27. The Balaban J connectivity index is 2.14. The summed E-state index contributed by atoms with van der Waals surface area (Å²) < 4.78 is 9.89. The van der Waals surface area contributed by atoms with Crippen LogP contribution in [0, 0.1) is 5.92 Å². The average molecular weight is 255 g/mol. The van der Waals surface area contributed by atoms with Gasteiger partial charge in [-0.05, 0) is 58.0 Å². The van der Waals surface area contributed by atoms with E-state index in [0.29, 0.717) is 11.6 Å². The molecule has 96 valence electrons. The summed E-state index contributed by atoms with van der Waals surface area (Å²) in [6.45, 7) is 8.43. The first-order valence-electron chi connectivity index (χ1n) is 6.10. The highest BCUT2D eigenvalue weighted by atomic mass is 32.1. The van der Waals surface area contributed by atoms with Gasteiger partial charge >= 0.3 is 0 Å². The number of ether oxygens (including phenoxy) is 1. The standard InChI is InChI=1S/C12H21N3OS/c1-7(2)16-9-10(13)15-17-11(9)14-12(3,4)8-5-6-8/h7-8,14H,5-6H2,1-4H3,(H2,13,15). The SMILES string of the molecule is CC(C)Oc1c(N)nsc1NC(C)(C)C1CC1. The number of nitrogen functional groups attached to an aromatic ring is 1. The van der Waals surface area contributed by atoms with Gasteiger partial charge in [0.15, 0.2) is 16.6 Å². The van der Waals surface area contributed by atoms with E-state index in [9.17, 15) is 0 Å². The van der Waals surface area contributed by atoms with E-state index in [1.807, 2.05) is 13.8 Å². The first kappa shape index (κ1) is 12.5. The molecule has 1 aliphatic carbocycles. The predicted molar refractivity (Wildman–Crippen MR) is 72.7 cm³/mol. The summed E-state index contributed by atoms with van der Waals surface area (Å²) >= 11 is 1.38. The summed E-state index contributed by atoms with van der Waals surface area (Å²) in [5.74, 6) is 1.94. The van der Waals surface area contributed by atoms with Gasteiger partial charge < -0.3 is 15.8 Å². The van der Waals surface area contributed by atoms with Crippen LogP contribution < -0.4 is 15.8 Å². The molecule has 0 amide bonds. The fraction of sp³-hybridized carbons (Fsp3) is 0.750. The number of rotatable bonds is 5. The van der Waals surface area contributed by atoms with Crippen LogP contribution in [0.4, 0.5) is 10.8 Å². The lowest BCUT2D eigenvalue weighted by atomic mass is 9.99. The summed E-state index contributed by atoms with van der Waals surface area (Å²) in [5.41, 5.74) is 5.93. The molecule has 3 N–H and O–H groups in total. The first-order valence-corrected chi connectivity index (χ1v) is 6.87. The maximum absolute atomic E-state index is 5.83. The van der Waals surface area contributed by atoms with E-state index >= 15 is 0 Å². The monoisotopic (exact) mass is 255 g/mol. The number of hydrogen-bond acceptors (Lipinski definition) is 5. The Morgan fingerprint density at radius 2 is 2.12 bits per heavy atom. The van der Waals surface area contributed by atoms with Crippen LogP contribution in [-0.2, 0) is 0 Å². The zero-order valence-electron chi connectivity index (χ0n) is 10.9. The van der Waals surface area contributed by atoms with E-state index in [-0.39, 0.29) is 11.6 Å². The minimum Gasteiger partial charge on any atom is -0.484 e. The summed E-state index contributed by atoms with van der Waals surface area (Å²) in [4.78, 5) is 0. The molecule has 0 aliphatic heterocycles. The summed E-state index contributed by atoms with van der Waals surface area (Å²) in [5, 5.41) is 4.48. The Labute approximate surface area is 107 Å². The van der Waals surface area contributed by atoms with Crippen LogP contribution in [0.25, 0.3) is 0 Å². The molecule has 0 aromatic carbocycles. The number of anilines is 2. The smallest absolute Gasteiger partial charge is 0.197 e. The van der Waals surface area contributed by atoms with Crippen molar-refractivity contribution in [3.63, 3.8) is 0 Å². The van der Waals surface area contributed by atoms with Gasteiger partial charge in [-0.15, -0.1) is 0 Å². The minimum absolute atomic E-state index is 0.0913. The molecule has 0 spiro atoms. The molecule has 4 nitrogen and oxygen atoms in total. The zero-order valence-corrected chi connectivity index (χ0v) is 11.7. The Kier molecular flexibility index (Phi) is 3.21. The molecule has 2 rings (SSSR count).